The fourth-order valence-electron chi connectivity index (χ4n) is 0.220. The first-order valence-corrected chi connectivity index (χ1v) is 3.31. The van der Waals surface area contributed by atoms with E-state index in [1.54, 1.807) is 0 Å². The molecule has 0 spiro atoms. The van der Waals surface area contributed by atoms with Gasteiger partial charge in [-0.1, -0.05) is 0 Å². The van der Waals surface area contributed by atoms with Crippen LogP contribution in [0.4, 0.5) is 0 Å². The SMILES string of the molecule is [S-]CCOCC[S-].[Tl+].[Tl+]. The molecule has 0 N–H and O–H groups in total. The molecule has 0 aliphatic carbocycles. The van der Waals surface area contributed by atoms with Gasteiger partial charge in [0, 0.05) is 13.2 Å². The van der Waals surface area contributed by atoms with Gasteiger partial charge in [0.05, 0.1) is 0 Å². The van der Waals surface area contributed by atoms with Crippen LogP contribution in [0.25, 0.3) is 0 Å². The van der Waals surface area contributed by atoms with Crippen LogP contribution in [0.5, 0.6) is 0 Å². The summed E-state index contributed by atoms with van der Waals surface area (Å²) in [6.07, 6.45) is 0. The van der Waals surface area contributed by atoms with Crippen molar-refractivity contribution in [1.82, 2.24) is 0 Å². The molecular formula is C4H8OS2Tl2. The second-order valence-electron chi connectivity index (χ2n) is 1.02. The van der Waals surface area contributed by atoms with Crippen LogP contribution in [-0.4, -0.2) is 79.3 Å². The van der Waals surface area contributed by atoms with Crippen molar-refractivity contribution in [2.45, 2.75) is 0 Å². The van der Waals surface area contributed by atoms with Gasteiger partial charge < -0.3 is 30.0 Å². The molecule has 0 fully saturated rings. The fourth-order valence-corrected chi connectivity index (χ4v) is 0.456. The number of ether oxygens (including phenoxy) is 1. The average molecular weight is 545 g/mol. The summed E-state index contributed by atoms with van der Waals surface area (Å²) in [7, 11) is 0. The van der Waals surface area contributed by atoms with E-state index in [-0.39, 0.29) is 54.6 Å². The molecule has 0 aliphatic heterocycles. The van der Waals surface area contributed by atoms with Gasteiger partial charge in [0.1, 0.15) is 0 Å². The van der Waals surface area contributed by atoms with E-state index >= 15 is 0 Å². The van der Waals surface area contributed by atoms with Crippen molar-refractivity contribution in [2.75, 3.05) is 24.7 Å². The quantitative estimate of drug-likeness (QED) is 0.264. The molecule has 0 aromatic rings. The molecule has 9 heavy (non-hydrogen) atoms. The molecule has 0 rings (SSSR count). The van der Waals surface area contributed by atoms with E-state index in [1.165, 1.54) is 0 Å². The van der Waals surface area contributed by atoms with Crippen LogP contribution in [0.2, 0.25) is 0 Å². The first kappa shape index (κ1) is 17.6. The van der Waals surface area contributed by atoms with E-state index in [9.17, 15) is 0 Å². The second kappa shape index (κ2) is 16.8. The molecular weight excluding hydrogens is 537 g/mol. The first-order valence-electron chi connectivity index (χ1n) is 2.15. The third-order valence-corrected chi connectivity index (χ3v) is 0.789. The second-order valence-corrected chi connectivity index (χ2v) is 1.84. The third kappa shape index (κ3) is 18.0. The van der Waals surface area contributed by atoms with Gasteiger partial charge in [0.25, 0.3) is 0 Å². The largest absolute Gasteiger partial charge is 1.00 e. The Bertz CT molecular complexity index is 35.7. The molecule has 1 nitrogen and oxygen atoms in total. The minimum atomic E-state index is 0. The predicted molar refractivity (Wildman–Crippen MR) is 46.8 cm³/mol. The van der Waals surface area contributed by atoms with Gasteiger partial charge >= 0.3 is 54.6 Å². The summed E-state index contributed by atoms with van der Waals surface area (Å²) in [5.41, 5.74) is 0. The molecule has 0 aromatic carbocycles. The van der Waals surface area contributed by atoms with E-state index in [0.717, 1.165) is 0 Å². The maximum absolute atomic E-state index is 4.92. The molecule has 0 atom stereocenters. The maximum atomic E-state index is 4.92. The summed E-state index contributed by atoms with van der Waals surface area (Å²) in [6.45, 7) is 1.35. The number of hydrogen-bond acceptors (Lipinski definition) is 3. The summed E-state index contributed by atoms with van der Waals surface area (Å²) >= 11 is 9.21. The van der Waals surface area contributed by atoms with Gasteiger partial charge in [-0.2, -0.15) is 11.5 Å². The molecule has 0 heterocycles. The van der Waals surface area contributed by atoms with Crippen LogP contribution in [0.3, 0.4) is 0 Å². The molecule has 0 unspecified atom stereocenters. The summed E-state index contributed by atoms with van der Waals surface area (Å²) in [5.74, 6) is 1.35. The summed E-state index contributed by atoms with van der Waals surface area (Å²) < 4.78 is 4.92. The van der Waals surface area contributed by atoms with Crippen molar-refractivity contribution < 1.29 is 4.74 Å². The molecule has 0 aliphatic rings. The summed E-state index contributed by atoms with van der Waals surface area (Å²) in [4.78, 5) is 0. The molecule has 0 radical (unpaired) electrons. The predicted octanol–water partition coefficient (Wildman–Crippen LogP) is -0.665. The Kier molecular flexibility index (Phi) is 32.9. The maximum Gasteiger partial charge on any atom is 1.00 e. The summed E-state index contributed by atoms with van der Waals surface area (Å²) in [6, 6.07) is 0. The van der Waals surface area contributed by atoms with Crippen LogP contribution in [0, 0.1) is 0 Å². The van der Waals surface area contributed by atoms with Crippen LogP contribution in [0.1, 0.15) is 0 Å². The van der Waals surface area contributed by atoms with E-state index in [0.29, 0.717) is 24.7 Å². The standard InChI is InChI=1S/C4H10OS2.2Tl/c6-3-1-5-2-4-7;;/h6-7H,1-4H2;;/q;2*+1/p-2. The van der Waals surface area contributed by atoms with Gasteiger partial charge in [-0.05, 0) is 0 Å². The van der Waals surface area contributed by atoms with Crippen molar-refractivity contribution in [3.8, 4) is 0 Å². The fraction of sp³-hybridized carbons (Fsp3) is 1.00. The first-order chi connectivity index (χ1) is 3.41. The smallest absolute Gasteiger partial charge is 0.790 e. The Morgan fingerprint density at radius 1 is 0.889 bits per heavy atom. The van der Waals surface area contributed by atoms with Crippen LogP contribution >= 0.6 is 0 Å². The Morgan fingerprint density at radius 3 is 1.44 bits per heavy atom. The normalized spacial score (nSPS) is 7.33. The average Bonchev–Trinajstić information content (AvgIpc) is 1.69. The van der Waals surface area contributed by atoms with Gasteiger partial charge in [-0.15, -0.1) is 0 Å². The molecule has 5 heteroatoms. The minimum absolute atomic E-state index is 0. The molecule has 0 amide bonds. The molecule has 0 saturated heterocycles. The zero-order valence-corrected chi connectivity index (χ0v) is 15.8. The summed E-state index contributed by atoms with van der Waals surface area (Å²) in [5, 5.41) is 0. The van der Waals surface area contributed by atoms with Crippen molar-refractivity contribution in [3.05, 3.63) is 0 Å². The zero-order chi connectivity index (χ0) is 5.54. The zero-order valence-electron chi connectivity index (χ0n) is 5.21. The van der Waals surface area contributed by atoms with E-state index in [2.05, 4.69) is 25.3 Å². The van der Waals surface area contributed by atoms with Crippen LogP contribution in [0.15, 0.2) is 0 Å². The Morgan fingerprint density at radius 2 is 1.22 bits per heavy atom. The van der Waals surface area contributed by atoms with Crippen LogP contribution in [-0.2, 0) is 30.0 Å². The topological polar surface area (TPSA) is 9.23 Å². The van der Waals surface area contributed by atoms with Gasteiger partial charge in [-0.25, -0.2) is 0 Å². The Hall–Kier alpha value is 2.50. The van der Waals surface area contributed by atoms with Crippen molar-refractivity contribution in [3.63, 3.8) is 0 Å². The monoisotopic (exact) mass is 546 g/mol. The third-order valence-electron chi connectivity index (χ3n) is 0.455. The molecule has 48 valence electrons. The number of hydrogen-bond donors (Lipinski definition) is 0. The van der Waals surface area contributed by atoms with Gasteiger partial charge in [0.2, 0.25) is 0 Å². The molecule has 0 aromatic heterocycles. The van der Waals surface area contributed by atoms with Crippen molar-refractivity contribution in [1.29, 1.82) is 0 Å². The molecule has 0 saturated carbocycles. The number of rotatable bonds is 4. The van der Waals surface area contributed by atoms with E-state index in [4.69, 9.17) is 4.74 Å². The van der Waals surface area contributed by atoms with Gasteiger partial charge in [0.15, 0.2) is 0 Å². The Labute approximate surface area is 108 Å². The Balaban J connectivity index is -0.000000180. The van der Waals surface area contributed by atoms with Crippen LogP contribution < -0.4 is 0 Å². The van der Waals surface area contributed by atoms with E-state index in [1.807, 2.05) is 0 Å². The van der Waals surface area contributed by atoms with Crippen molar-refractivity contribution in [2.24, 2.45) is 0 Å². The van der Waals surface area contributed by atoms with E-state index < -0.39 is 0 Å². The minimum Gasteiger partial charge on any atom is -0.790 e. The molecule has 0 bridgehead atoms. The van der Waals surface area contributed by atoms with Gasteiger partial charge in [-0.3, -0.25) is 0 Å². The van der Waals surface area contributed by atoms with Crippen molar-refractivity contribution >= 4 is 79.9 Å².